The fourth-order valence-electron chi connectivity index (χ4n) is 3.94. The van der Waals surface area contributed by atoms with Crippen LogP contribution in [0.3, 0.4) is 0 Å². The Kier molecular flexibility index (Phi) is 7.64. The van der Waals surface area contributed by atoms with Crippen molar-refractivity contribution in [3.63, 3.8) is 0 Å². The summed E-state index contributed by atoms with van der Waals surface area (Å²) in [7, 11) is 0. The van der Waals surface area contributed by atoms with Gasteiger partial charge in [-0.2, -0.15) is 0 Å². The van der Waals surface area contributed by atoms with Gasteiger partial charge in [-0.1, -0.05) is 83.5 Å². The Morgan fingerprint density at radius 1 is 0.857 bits per heavy atom. The maximum Gasteiger partial charge on any atom is 0.0516 e. The molecule has 0 fully saturated rings. The van der Waals surface area contributed by atoms with E-state index < -0.39 is 0 Å². The summed E-state index contributed by atoms with van der Waals surface area (Å²) in [6.45, 7) is 5.52. The molecule has 0 radical (unpaired) electrons. The minimum Gasteiger partial charge on any atom is -0.322 e. The number of nitrogens with one attached hydrogen (secondary N) is 1. The zero-order valence-corrected chi connectivity index (χ0v) is 17.3. The molecule has 0 saturated carbocycles. The van der Waals surface area contributed by atoms with Gasteiger partial charge >= 0.3 is 0 Å². The first-order valence-electron chi connectivity index (χ1n) is 10.6. The third kappa shape index (κ3) is 5.67. The summed E-state index contributed by atoms with van der Waals surface area (Å²) in [6.07, 6.45) is 8.37. The van der Waals surface area contributed by atoms with E-state index in [1.54, 1.807) is 16.7 Å². The molecule has 148 valence electrons. The van der Waals surface area contributed by atoms with E-state index in [-0.39, 0.29) is 12.1 Å². The molecule has 2 atom stereocenters. The predicted octanol–water partition coefficient (Wildman–Crippen LogP) is 6.24. The zero-order valence-electron chi connectivity index (χ0n) is 17.3. The lowest BCUT2D eigenvalue weighted by Gasteiger charge is -2.26. The molecule has 0 bridgehead atoms. The lowest BCUT2D eigenvalue weighted by Crippen LogP contribution is -2.32. The van der Waals surface area contributed by atoms with Crippen molar-refractivity contribution in [1.82, 2.24) is 5.32 Å². The largest absolute Gasteiger partial charge is 0.322 e. The molecule has 0 spiro atoms. The van der Waals surface area contributed by atoms with Crippen LogP contribution in [0.2, 0.25) is 0 Å². The third-order valence-electron chi connectivity index (χ3n) is 5.91. The second-order valence-corrected chi connectivity index (χ2v) is 8.04. The number of rotatable bonds is 9. The lowest BCUT2D eigenvalue weighted by atomic mass is 9.91. The molecule has 0 aromatic heterocycles. The fourth-order valence-corrected chi connectivity index (χ4v) is 3.94. The van der Waals surface area contributed by atoms with Crippen molar-refractivity contribution in [3.05, 3.63) is 94.6 Å². The highest BCUT2D eigenvalue weighted by molar-refractivity contribution is 5.28. The van der Waals surface area contributed by atoms with Gasteiger partial charge in [0, 0.05) is 6.04 Å². The summed E-state index contributed by atoms with van der Waals surface area (Å²) in [5.41, 5.74) is 13.8. The van der Waals surface area contributed by atoms with Gasteiger partial charge in [0.15, 0.2) is 0 Å². The highest BCUT2D eigenvalue weighted by atomic mass is 14.9. The van der Waals surface area contributed by atoms with Crippen molar-refractivity contribution in [2.75, 3.05) is 6.54 Å². The van der Waals surface area contributed by atoms with Gasteiger partial charge < -0.3 is 11.1 Å². The molecule has 2 aromatic rings. The maximum absolute atomic E-state index is 6.65. The van der Waals surface area contributed by atoms with Crippen LogP contribution in [-0.4, -0.2) is 6.54 Å². The van der Waals surface area contributed by atoms with Crippen LogP contribution in [0.5, 0.6) is 0 Å². The summed E-state index contributed by atoms with van der Waals surface area (Å²) in [5.74, 6) is 0. The topological polar surface area (TPSA) is 38.0 Å². The van der Waals surface area contributed by atoms with E-state index in [2.05, 4.69) is 79.8 Å². The molecule has 2 aromatic carbocycles. The van der Waals surface area contributed by atoms with Crippen LogP contribution in [0.15, 0.2) is 83.5 Å². The normalized spacial score (nSPS) is 16.6. The average Bonchev–Trinajstić information content (AvgIpc) is 2.74. The molecule has 28 heavy (non-hydrogen) atoms. The Balaban J connectivity index is 1.53. The monoisotopic (exact) mass is 374 g/mol. The van der Waals surface area contributed by atoms with Crippen molar-refractivity contribution in [1.29, 1.82) is 0 Å². The molecule has 2 heteroatoms. The fraction of sp³-hybridized carbons (Fsp3) is 0.385. The molecule has 0 heterocycles. The van der Waals surface area contributed by atoms with Gasteiger partial charge in [-0.3, -0.25) is 0 Å². The smallest absolute Gasteiger partial charge is 0.0516 e. The van der Waals surface area contributed by atoms with Gasteiger partial charge in [0.05, 0.1) is 6.04 Å². The van der Waals surface area contributed by atoms with Gasteiger partial charge in [-0.05, 0) is 63.6 Å². The maximum atomic E-state index is 6.65. The standard InChI is InChI=1S/C26H34N2/c1-20-16-17-22(19-21(20)2)11-9-10-18-28-26(24-14-7-4-8-15-24)25(27)23-12-5-3-6-13-23/h3-8,12-15,17,25-26,28H,9-11,16,18-19,27H2,1-2H3/t25-,26?/m0/s1. The predicted molar refractivity (Wildman–Crippen MR) is 120 cm³/mol. The lowest BCUT2D eigenvalue weighted by molar-refractivity contribution is 0.445. The molecule has 1 unspecified atom stereocenters. The Morgan fingerprint density at radius 2 is 1.50 bits per heavy atom. The van der Waals surface area contributed by atoms with E-state index in [9.17, 15) is 0 Å². The highest BCUT2D eigenvalue weighted by Crippen LogP contribution is 2.28. The highest BCUT2D eigenvalue weighted by Gasteiger charge is 2.20. The summed E-state index contributed by atoms with van der Waals surface area (Å²) < 4.78 is 0. The van der Waals surface area contributed by atoms with Gasteiger partial charge in [0.2, 0.25) is 0 Å². The minimum absolute atomic E-state index is 0.0552. The van der Waals surface area contributed by atoms with Crippen molar-refractivity contribution in [2.24, 2.45) is 5.73 Å². The van der Waals surface area contributed by atoms with Crippen LogP contribution in [0.4, 0.5) is 0 Å². The van der Waals surface area contributed by atoms with Gasteiger partial charge in [0.25, 0.3) is 0 Å². The first kappa shape index (κ1) is 20.6. The molecular formula is C26H34N2. The summed E-state index contributed by atoms with van der Waals surface area (Å²) >= 11 is 0. The molecule has 0 amide bonds. The molecule has 1 aliphatic carbocycles. The molecule has 1 aliphatic rings. The zero-order chi connectivity index (χ0) is 19.8. The second-order valence-electron chi connectivity index (χ2n) is 8.04. The number of allylic oxidation sites excluding steroid dienone is 4. The van der Waals surface area contributed by atoms with Crippen LogP contribution < -0.4 is 11.1 Å². The van der Waals surface area contributed by atoms with E-state index in [4.69, 9.17) is 5.73 Å². The minimum atomic E-state index is -0.0552. The van der Waals surface area contributed by atoms with Gasteiger partial charge in [-0.15, -0.1) is 0 Å². The Hall–Kier alpha value is -2.16. The summed E-state index contributed by atoms with van der Waals surface area (Å²) in [4.78, 5) is 0. The Bertz CT molecular complexity index is 790. The average molecular weight is 375 g/mol. The number of hydrogen-bond donors (Lipinski definition) is 2. The third-order valence-corrected chi connectivity index (χ3v) is 5.91. The van der Waals surface area contributed by atoms with E-state index in [0.29, 0.717) is 0 Å². The molecule has 3 rings (SSSR count). The SMILES string of the molecule is CC1=C(C)CC(CCCCNC(c2ccccc2)[C@@H](N)c2ccccc2)=CC1. The molecule has 0 saturated heterocycles. The molecule has 0 aliphatic heterocycles. The van der Waals surface area contributed by atoms with Crippen LogP contribution in [0, 0.1) is 0 Å². The number of benzene rings is 2. The van der Waals surface area contributed by atoms with E-state index in [1.807, 2.05) is 6.07 Å². The summed E-state index contributed by atoms with van der Waals surface area (Å²) in [6, 6.07) is 21.1. The first-order valence-corrected chi connectivity index (χ1v) is 10.6. The second kappa shape index (κ2) is 10.4. The van der Waals surface area contributed by atoms with Crippen molar-refractivity contribution in [3.8, 4) is 0 Å². The quantitative estimate of drug-likeness (QED) is 0.402. The van der Waals surface area contributed by atoms with Crippen molar-refractivity contribution in [2.45, 2.75) is 58.0 Å². The Morgan fingerprint density at radius 3 is 2.14 bits per heavy atom. The number of nitrogens with two attached hydrogens (primary N) is 1. The van der Waals surface area contributed by atoms with E-state index >= 15 is 0 Å². The Labute approximate surface area is 170 Å². The van der Waals surface area contributed by atoms with Crippen molar-refractivity contribution >= 4 is 0 Å². The van der Waals surface area contributed by atoms with Gasteiger partial charge in [-0.25, -0.2) is 0 Å². The van der Waals surface area contributed by atoms with E-state index in [1.165, 1.54) is 36.8 Å². The van der Waals surface area contributed by atoms with E-state index in [0.717, 1.165) is 13.0 Å². The number of unbranched alkanes of at least 4 members (excludes halogenated alkanes) is 1. The first-order chi connectivity index (χ1) is 13.6. The van der Waals surface area contributed by atoms with Crippen LogP contribution in [0.25, 0.3) is 0 Å². The summed E-state index contributed by atoms with van der Waals surface area (Å²) in [5, 5.41) is 3.73. The number of hydrogen-bond acceptors (Lipinski definition) is 2. The van der Waals surface area contributed by atoms with Crippen molar-refractivity contribution < 1.29 is 0 Å². The van der Waals surface area contributed by atoms with Crippen LogP contribution >= 0.6 is 0 Å². The van der Waals surface area contributed by atoms with Crippen LogP contribution in [0.1, 0.15) is 69.2 Å². The molecule has 2 nitrogen and oxygen atoms in total. The molecular weight excluding hydrogens is 340 g/mol. The molecule has 3 N–H and O–H groups in total. The van der Waals surface area contributed by atoms with Crippen LogP contribution in [-0.2, 0) is 0 Å². The van der Waals surface area contributed by atoms with Gasteiger partial charge in [0.1, 0.15) is 0 Å².